The van der Waals surface area contributed by atoms with Crippen LogP contribution in [0.15, 0.2) is 65.1 Å². The fourth-order valence-corrected chi connectivity index (χ4v) is 5.41. The second-order valence-electron chi connectivity index (χ2n) is 9.59. The lowest BCUT2D eigenvalue weighted by Crippen LogP contribution is -2.48. The molecule has 1 heterocycles. The van der Waals surface area contributed by atoms with E-state index in [1.165, 1.54) is 12.1 Å². The smallest absolute Gasteiger partial charge is 0.253 e. The summed E-state index contributed by atoms with van der Waals surface area (Å²) >= 11 is 12.1. The minimum atomic E-state index is -3.86. The molecule has 1 atom stereocenters. The number of carbonyl (C=O) groups is 2. The Hall–Kier alpha value is -3.37. The zero-order valence-electron chi connectivity index (χ0n) is 21.4. The van der Waals surface area contributed by atoms with Gasteiger partial charge in [-0.05, 0) is 59.0 Å². The van der Waals surface area contributed by atoms with Gasteiger partial charge in [0.2, 0.25) is 15.8 Å². The summed E-state index contributed by atoms with van der Waals surface area (Å²) in [7, 11) is -3.86. The molecular weight excluding hydrogens is 561 g/mol. The Morgan fingerprint density at radius 1 is 1.00 bits per heavy atom. The number of benzene rings is 3. The molecule has 0 spiro atoms. The Morgan fingerprint density at radius 3 is 2.33 bits per heavy atom. The number of halogens is 2. The van der Waals surface area contributed by atoms with Crippen LogP contribution in [0.2, 0.25) is 10.0 Å². The summed E-state index contributed by atoms with van der Waals surface area (Å²) in [5, 5.41) is 1.13. The van der Waals surface area contributed by atoms with Gasteiger partial charge >= 0.3 is 0 Å². The molecular formula is C28H27Cl2N3O5S. The molecule has 0 fully saturated rings. The first-order valence-corrected chi connectivity index (χ1v) is 14.6. The van der Waals surface area contributed by atoms with E-state index in [1.807, 2.05) is 12.1 Å². The third kappa shape index (κ3) is 5.96. The third-order valence-electron chi connectivity index (χ3n) is 6.35. The van der Waals surface area contributed by atoms with Crippen molar-refractivity contribution in [3.05, 3.63) is 87.6 Å². The second kappa shape index (κ2) is 11.0. The molecule has 0 unspecified atom stereocenters. The maximum atomic E-state index is 13.1. The van der Waals surface area contributed by atoms with Crippen molar-refractivity contribution in [3.8, 4) is 11.1 Å². The molecule has 3 aromatic carbocycles. The maximum absolute atomic E-state index is 13.1. The van der Waals surface area contributed by atoms with Crippen LogP contribution in [-0.4, -0.2) is 36.7 Å². The Morgan fingerprint density at radius 2 is 1.69 bits per heavy atom. The molecule has 0 saturated heterocycles. The van der Waals surface area contributed by atoms with Gasteiger partial charge in [0, 0.05) is 16.0 Å². The molecule has 1 aromatic heterocycles. The van der Waals surface area contributed by atoms with E-state index in [4.69, 9.17) is 39.1 Å². The fraction of sp³-hybridized carbons (Fsp3) is 0.214. The van der Waals surface area contributed by atoms with Crippen LogP contribution >= 0.6 is 23.2 Å². The number of carbonyl (C=O) groups excluding carboxylic acids is 2. The van der Waals surface area contributed by atoms with Crippen molar-refractivity contribution in [1.82, 2.24) is 4.31 Å². The average Bonchev–Trinajstić information content (AvgIpc) is 3.21. The number of rotatable bonds is 8. The highest BCUT2D eigenvalue weighted by Gasteiger charge is 2.30. The average molecular weight is 589 g/mol. The van der Waals surface area contributed by atoms with Crippen LogP contribution in [0.25, 0.3) is 22.1 Å². The number of nitrogens with zero attached hydrogens (tertiary/aromatic N) is 1. The summed E-state index contributed by atoms with van der Waals surface area (Å²) < 4.78 is 31.5. The summed E-state index contributed by atoms with van der Waals surface area (Å²) in [5.41, 5.74) is 15.1. The largest absolute Gasteiger partial charge is 0.450 e. The van der Waals surface area contributed by atoms with Gasteiger partial charge in [0.25, 0.3) is 5.91 Å². The molecule has 0 aliphatic rings. The van der Waals surface area contributed by atoms with E-state index in [2.05, 4.69) is 0 Å². The normalized spacial score (nSPS) is 12.6. The SMILES string of the molecule is CC(C)[C@H](N)C(=O)N(Cc1cccc(-c2ccc3c(N)c(C(=O)c4ccc(Cl)cc4Cl)oc3c2)c1)S(C)(=O)=O. The van der Waals surface area contributed by atoms with Gasteiger partial charge in [-0.1, -0.05) is 61.3 Å². The molecule has 4 rings (SSSR count). The van der Waals surface area contributed by atoms with Gasteiger partial charge in [-0.2, -0.15) is 0 Å². The molecule has 0 radical (unpaired) electrons. The molecule has 204 valence electrons. The number of fused-ring (bicyclic) bond motifs is 1. The van der Waals surface area contributed by atoms with Crippen molar-refractivity contribution in [2.75, 3.05) is 12.0 Å². The third-order valence-corrected chi connectivity index (χ3v) is 8.00. The molecule has 4 N–H and O–H groups in total. The van der Waals surface area contributed by atoms with Crippen molar-refractivity contribution < 1.29 is 22.4 Å². The standard InChI is InChI=1S/C28H27Cl2N3O5S/c1-15(2)24(31)28(35)33(39(3,36)37)14-16-5-4-6-17(11-16)18-7-9-21-23(12-18)38-27(25(21)32)26(34)20-10-8-19(29)13-22(20)30/h4-13,15,24H,14,31-32H2,1-3H3/t24-/m0/s1. The zero-order valence-corrected chi connectivity index (χ0v) is 23.8. The first-order chi connectivity index (χ1) is 18.3. The van der Waals surface area contributed by atoms with Gasteiger partial charge < -0.3 is 15.9 Å². The summed E-state index contributed by atoms with van der Waals surface area (Å²) in [6, 6.07) is 16.0. The molecule has 0 bridgehead atoms. The van der Waals surface area contributed by atoms with Crippen LogP contribution in [-0.2, 0) is 21.4 Å². The van der Waals surface area contributed by atoms with Crippen LogP contribution in [0, 0.1) is 5.92 Å². The number of ketones is 1. The summed E-state index contributed by atoms with van der Waals surface area (Å²) in [4.78, 5) is 25.9. The molecule has 0 saturated carbocycles. The summed E-state index contributed by atoms with van der Waals surface area (Å²) in [6.07, 6.45) is 0.979. The first kappa shape index (κ1) is 28.6. The van der Waals surface area contributed by atoms with Crippen molar-refractivity contribution >= 4 is 61.6 Å². The van der Waals surface area contributed by atoms with Gasteiger partial charge in [0.15, 0.2) is 5.76 Å². The molecule has 0 aliphatic carbocycles. The molecule has 11 heteroatoms. The Labute approximate surface area is 236 Å². The lowest BCUT2D eigenvalue weighted by Gasteiger charge is -2.25. The number of amides is 1. The van der Waals surface area contributed by atoms with Crippen molar-refractivity contribution in [2.45, 2.75) is 26.4 Å². The first-order valence-electron chi connectivity index (χ1n) is 12.0. The maximum Gasteiger partial charge on any atom is 0.253 e. The van der Waals surface area contributed by atoms with Crippen LogP contribution in [0.4, 0.5) is 5.69 Å². The molecule has 39 heavy (non-hydrogen) atoms. The molecule has 8 nitrogen and oxygen atoms in total. The van der Waals surface area contributed by atoms with E-state index >= 15 is 0 Å². The van der Waals surface area contributed by atoms with E-state index in [1.54, 1.807) is 50.2 Å². The molecule has 0 aliphatic heterocycles. The Kier molecular flexibility index (Phi) is 8.09. The number of furan rings is 1. The lowest BCUT2D eigenvalue weighted by atomic mass is 10.0. The second-order valence-corrected chi connectivity index (χ2v) is 12.3. The predicted octanol–water partition coefficient (Wildman–Crippen LogP) is 5.49. The number of sulfonamides is 1. The van der Waals surface area contributed by atoms with E-state index in [9.17, 15) is 18.0 Å². The van der Waals surface area contributed by atoms with Gasteiger partial charge in [0.1, 0.15) is 5.58 Å². The van der Waals surface area contributed by atoms with Crippen LogP contribution < -0.4 is 11.5 Å². The fourth-order valence-electron chi connectivity index (χ4n) is 4.09. The molecule has 1 amide bonds. The lowest BCUT2D eigenvalue weighted by molar-refractivity contribution is -0.129. The summed E-state index contributed by atoms with van der Waals surface area (Å²) in [5.74, 6) is -1.40. The number of nitrogen functional groups attached to an aromatic ring is 1. The monoisotopic (exact) mass is 587 g/mol. The number of nitrogens with two attached hydrogens (primary N) is 2. The highest BCUT2D eigenvalue weighted by Crippen LogP contribution is 2.35. The van der Waals surface area contributed by atoms with Gasteiger partial charge in [-0.15, -0.1) is 0 Å². The van der Waals surface area contributed by atoms with E-state index in [-0.39, 0.29) is 34.5 Å². The quantitative estimate of drug-likeness (QED) is 0.260. The molecule has 4 aromatic rings. The predicted molar refractivity (Wildman–Crippen MR) is 154 cm³/mol. The van der Waals surface area contributed by atoms with Gasteiger partial charge in [-0.3, -0.25) is 9.59 Å². The van der Waals surface area contributed by atoms with Gasteiger partial charge in [0.05, 0.1) is 29.6 Å². The topological polar surface area (TPSA) is 137 Å². The number of hydrogen-bond donors (Lipinski definition) is 2. The van der Waals surface area contributed by atoms with Crippen molar-refractivity contribution in [2.24, 2.45) is 11.7 Å². The highest BCUT2D eigenvalue weighted by atomic mass is 35.5. The van der Waals surface area contributed by atoms with Crippen molar-refractivity contribution in [1.29, 1.82) is 0 Å². The van der Waals surface area contributed by atoms with E-state index in [0.29, 0.717) is 21.6 Å². The van der Waals surface area contributed by atoms with E-state index in [0.717, 1.165) is 21.7 Å². The van der Waals surface area contributed by atoms with Crippen LogP contribution in [0.3, 0.4) is 0 Å². The van der Waals surface area contributed by atoms with Gasteiger partial charge in [-0.25, -0.2) is 12.7 Å². The number of anilines is 1. The minimum Gasteiger partial charge on any atom is -0.450 e. The number of hydrogen-bond acceptors (Lipinski definition) is 7. The Balaban J connectivity index is 1.67. The minimum absolute atomic E-state index is 0.0380. The van der Waals surface area contributed by atoms with Crippen LogP contribution in [0.5, 0.6) is 0 Å². The zero-order chi connectivity index (χ0) is 28.6. The highest BCUT2D eigenvalue weighted by molar-refractivity contribution is 7.88. The summed E-state index contributed by atoms with van der Waals surface area (Å²) in [6.45, 7) is 3.34. The van der Waals surface area contributed by atoms with Crippen LogP contribution in [0.1, 0.15) is 35.5 Å². The van der Waals surface area contributed by atoms with Crippen molar-refractivity contribution in [3.63, 3.8) is 0 Å². The Bertz CT molecular complexity index is 1700. The van der Waals surface area contributed by atoms with E-state index < -0.39 is 27.8 Å².